The second-order valence-electron chi connectivity index (χ2n) is 3.34. The van der Waals surface area contributed by atoms with E-state index >= 15 is 0 Å². The van der Waals surface area contributed by atoms with Gasteiger partial charge in [0, 0.05) is 5.38 Å². The average molecular weight is 250 g/mol. The van der Waals surface area contributed by atoms with E-state index in [0.29, 0.717) is 25.7 Å². The van der Waals surface area contributed by atoms with Crippen molar-refractivity contribution in [2.75, 3.05) is 13.2 Å². The Morgan fingerprint density at radius 2 is 2.27 bits per heavy atom. The zero-order valence-corrected chi connectivity index (χ0v) is 10.6. The maximum Gasteiger partial charge on any atom is 0.119 e. The van der Waals surface area contributed by atoms with Crippen LogP contribution < -0.4 is 0 Å². The minimum absolute atomic E-state index is 0.260. The van der Waals surface area contributed by atoms with Crippen molar-refractivity contribution < 1.29 is 9.47 Å². The monoisotopic (exact) mass is 249 g/mol. The standard InChI is InChI=1S/C10H16ClNO2S/c1-8(2)14-4-3-13-6-10-12-9(5-11)7-15-10/h7-8H,3-6H2,1-2H3. The molecule has 3 nitrogen and oxygen atoms in total. The van der Waals surface area contributed by atoms with Gasteiger partial charge in [-0.1, -0.05) is 0 Å². The van der Waals surface area contributed by atoms with Gasteiger partial charge in [-0.3, -0.25) is 0 Å². The van der Waals surface area contributed by atoms with E-state index in [9.17, 15) is 0 Å². The molecule has 5 heteroatoms. The van der Waals surface area contributed by atoms with Gasteiger partial charge in [0.2, 0.25) is 0 Å². The number of hydrogen-bond donors (Lipinski definition) is 0. The first kappa shape index (κ1) is 12.9. The lowest BCUT2D eigenvalue weighted by Gasteiger charge is -2.06. The molecule has 1 rings (SSSR count). The Morgan fingerprint density at radius 1 is 1.47 bits per heavy atom. The fourth-order valence-electron chi connectivity index (χ4n) is 0.979. The molecule has 0 unspecified atom stereocenters. The van der Waals surface area contributed by atoms with Crippen molar-refractivity contribution in [3.05, 3.63) is 16.1 Å². The molecular weight excluding hydrogens is 234 g/mol. The highest BCUT2D eigenvalue weighted by Gasteiger charge is 2.01. The fraction of sp³-hybridized carbons (Fsp3) is 0.700. The maximum atomic E-state index is 5.64. The molecule has 1 aromatic heterocycles. The molecule has 0 saturated carbocycles. The van der Waals surface area contributed by atoms with E-state index in [0.717, 1.165) is 10.7 Å². The molecule has 86 valence electrons. The van der Waals surface area contributed by atoms with Crippen LogP contribution >= 0.6 is 22.9 Å². The summed E-state index contributed by atoms with van der Waals surface area (Å²) in [6.45, 7) is 5.80. The first-order valence-corrected chi connectivity index (χ1v) is 6.32. The molecule has 0 bridgehead atoms. The molecule has 1 aromatic rings. The Morgan fingerprint density at radius 3 is 2.87 bits per heavy atom. The minimum Gasteiger partial charge on any atom is -0.376 e. The molecule has 0 aliphatic carbocycles. The minimum atomic E-state index is 0.260. The van der Waals surface area contributed by atoms with Gasteiger partial charge in [-0.05, 0) is 13.8 Å². The van der Waals surface area contributed by atoms with Crippen LogP contribution in [0.4, 0.5) is 0 Å². The first-order chi connectivity index (χ1) is 7.22. The van der Waals surface area contributed by atoms with E-state index in [4.69, 9.17) is 21.1 Å². The third-order valence-corrected chi connectivity index (χ3v) is 2.79. The first-order valence-electron chi connectivity index (χ1n) is 4.91. The fourth-order valence-corrected chi connectivity index (χ4v) is 1.94. The van der Waals surface area contributed by atoms with Gasteiger partial charge in [0.05, 0.1) is 37.5 Å². The van der Waals surface area contributed by atoms with Crippen LogP contribution in [0.5, 0.6) is 0 Å². The third kappa shape index (κ3) is 5.47. The van der Waals surface area contributed by atoms with Gasteiger partial charge in [0.15, 0.2) is 0 Å². The van der Waals surface area contributed by atoms with Crippen molar-refractivity contribution in [1.29, 1.82) is 0 Å². The van der Waals surface area contributed by atoms with Gasteiger partial charge < -0.3 is 9.47 Å². The van der Waals surface area contributed by atoms with Gasteiger partial charge in [0.1, 0.15) is 5.01 Å². The average Bonchev–Trinajstić information content (AvgIpc) is 2.65. The largest absolute Gasteiger partial charge is 0.376 e. The number of rotatable bonds is 7. The topological polar surface area (TPSA) is 31.4 Å². The van der Waals surface area contributed by atoms with E-state index in [1.165, 1.54) is 0 Å². The smallest absolute Gasteiger partial charge is 0.119 e. The number of halogens is 1. The lowest BCUT2D eigenvalue weighted by Crippen LogP contribution is -2.09. The molecule has 1 heterocycles. The number of aromatic nitrogens is 1. The number of thiazole rings is 1. The summed E-state index contributed by atoms with van der Waals surface area (Å²) in [6.07, 6.45) is 0.260. The molecule has 15 heavy (non-hydrogen) atoms. The Hall–Kier alpha value is -0.160. The molecule has 0 amide bonds. The SMILES string of the molecule is CC(C)OCCOCc1nc(CCl)cs1. The van der Waals surface area contributed by atoms with E-state index in [1.807, 2.05) is 19.2 Å². The number of nitrogens with zero attached hydrogens (tertiary/aromatic N) is 1. The number of ether oxygens (including phenoxy) is 2. The van der Waals surface area contributed by atoms with E-state index < -0.39 is 0 Å². The van der Waals surface area contributed by atoms with E-state index in [1.54, 1.807) is 11.3 Å². The van der Waals surface area contributed by atoms with Crippen molar-refractivity contribution in [3.8, 4) is 0 Å². The quantitative estimate of drug-likeness (QED) is 0.550. The highest BCUT2D eigenvalue weighted by atomic mass is 35.5. The highest BCUT2D eigenvalue weighted by molar-refractivity contribution is 7.09. The number of alkyl halides is 1. The van der Waals surface area contributed by atoms with Crippen molar-refractivity contribution >= 4 is 22.9 Å². The van der Waals surface area contributed by atoms with E-state index in [2.05, 4.69) is 4.98 Å². The molecular formula is C10H16ClNO2S. The summed E-state index contributed by atoms with van der Waals surface area (Å²) in [5.41, 5.74) is 0.915. The summed E-state index contributed by atoms with van der Waals surface area (Å²) >= 11 is 7.22. The summed E-state index contributed by atoms with van der Waals surface area (Å²) in [4.78, 5) is 4.28. The normalized spacial score (nSPS) is 11.2. The second kappa shape index (κ2) is 7.17. The summed E-state index contributed by atoms with van der Waals surface area (Å²) in [7, 11) is 0. The van der Waals surface area contributed by atoms with Crippen LogP contribution in [0.25, 0.3) is 0 Å². The summed E-state index contributed by atoms with van der Waals surface area (Å²) in [5.74, 6) is 0.465. The Labute approximate surface area is 99.4 Å². The summed E-state index contributed by atoms with van der Waals surface area (Å²) < 4.78 is 10.8. The molecule has 0 N–H and O–H groups in total. The van der Waals surface area contributed by atoms with Crippen LogP contribution in [0.3, 0.4) is 0 Å². The van der Waals surface area contributed by atoms with E-state index in [-0.39, 0.29) is 6.10 Å². The summed E-state index contributed by atoms with van der Waals surface area (Å²) in [6, 6.07) is 0. The Bertz CT molecular complexity index is 278. The molecule has 0 saturated heterocycles. The van der Waals surface area contributed by atoms with Crippen LogP contribution in [0.15, 0.2) is 5.38 Å². The van der Waals surface area contributed by atoms with Crippen molar-refractivity contribution in [2.45, 2.75) is 32.4 Å². The van der Waals surface area contributed by atoms with Crippen LogP contribution in [0.2, 0.25) is 0 Å². The third-order valence-electron chi connectivity index (χ3n) is 1.64. The van der Waals surface area contributed by atoms with Crippen LogP contribution in [-0.4, -0.2) is 24.3 Å². The molecule has 0 atom stereocenters. The molecule has 0 spiro atoms. The number of hydrogen-bond acceptors (Lipinski definition) is 4. The van der Waals surface area contributed by atoms with Crippen molar-refractivity contribution in [1.82, 2.24) is 4.98 Å². The zero-order chi connectivity index (χ0) is 11.1. The van der Waals surface area contributed by atoms with Crippen molar-refractivity contribution in [2.24, 2.45) is 0 Å². The Kier molecular flexibility index (Phi) is 6.17. The molecule has 0 fully saturated rings. The molecule has 0 aliphatic heterocycles. The van der Waals surface area contributed by atoms with Gasteiger partial charge >= 0.3 is 0 Å². The maximum absolute atomic E-state index is 5.64. The van der Waals surface area contributed by atoms with Crippen LogP contribution in [0.1, 0.15) is 24.5 Å². The van der Waals surface area contributed by atoms with Gasteiger partial charge in [-0.2, -0.15) is 0 Å². The second-order valence-corrected chi connectivity index (χ2v) is 4.55. The van der Waals surface area contributed by atoms with Gasteiger partial charge in [-0.25, -0.2) is 4.98 Å². The summed E-state index contributed by atoms with van der Waals surface area (Å²) in [5, 5.41) is 2.92. The Balaban J connectivity index is 2.09. The molecule has 0 radical (unpaired) electrons. The van der Waals surface area contributed by atoms with Crippen molar-refractivity contribution in [3.63, 3.8) is 0 Å². The highest BCUT2D eigenvalue weighted by Crippen LogP contribution is 2.12. The zero-order valence-electron chi connectivity index (χ0n) is 9.03. The molecule has 0 aliphatic rings. The lowest BCUT2D eigenvalue weighted by molar-refractivity contribution is 0.0142. The lowest BCUT2D eigenvalue weighted by atomic mass is 10.5. The predicted molar refractivity (Wildman–Crippen MR) is 62.4 cm³/mol. The van der Waals surface area contributed by atoms with Crippen LogP contribution in [-0.2, 0) is 22.0 Å². The predicted octanol–water partition coefficient (Wildman–Crippen LogP) is 2.82. The van der Waals surface area contributed by atoms with Gasteiger partial charge in [-0.15, -0.1) is 22.9 Å². The molecule has 0 aromatic carbocycles. The van der Waals surface area contributed by atoms with Crippen LogP contribution in [0, 0.1) is 0 Å². The van der Waals surface area contributed by atoms with Gasteiger partial charge in [0.25, 0.3) is 0 Å².